The van der Waals surface area contributed by atoms with Crippen LogP contribution in [0.25, 0.3) is 0 Å². The molecule has 1 aromatic carbocycles. The summed E-state index contributed by atoms with van der Waals surface area (Å²) in [5, 5.41) is 13.9. The minimum Gasteiger partial charge on any atom is -0.425 e. The van der Waals surface area contributed by atoms with Gasteiger partial charge in [0, 0.05) is 19.1 Å². The van der Waals surface area contributed by atoms with E-state index in [1.807, 2.05) is 34.9 Å². The third-order valence-electron chi connectivity index (χ3n) is 5.11. The summed E-state index contributed by atoms with van der Waals surface area (Å²) in [6.07, 6.45) is 3.61. The molecule has 0 bridgehead atoms. The number of rotatable bonds is 6. The van der Waals surface area contributed by atoms with E-state index in [0.717, 1.165) is 25.7 Å². The topological polar surface area (TPSA) is 90.8 Å². The molecule has 0 amide bonds. The molecular formula is C20H23N4O3. The Labute approximate surface area is 157 Å². The van der Waals surface area contributed by atoms with E-state index in [1.54, 1.807) is 0 Å². The normalized spacial score (nSPS) is 20.9. The number of hydrogen-bond acceptors (Lipinski definition) is 5. The lowest BCUT2D eigenvalue weighted by Crippen LogP contribution is -2.22. The fraction of sp³-hybridized carbons (Fsp3) is 0.450. The van der Waals surface area contributed by atoms with Crippen molar-refractivity contribution in [3.05, 3.63) is 40.7 Å². The Bertz CT molecular complexity index is 907. The first kappa shape index (κ1) is 17.7. The summed E-state index contributed by atoms with van der Waals surface area (Å²) in [6, 6.07) is 9.53. The van der Waals surface area contributed by atoms with Crippen molar-refractivity contribution in [1.82, 2.24) is 14.9 Å². The maximum Gasteiger partial charge on any atom is 0.307 e. The van der Waals surface area contributed by atoms with E-state index in [2.05, 4.69) is 17.2 Å². The second-order valence-electron chi connectivity index (χ2n) is 7.08. The van der Waals surface area contributed by atoms with Crippen LogP contribution in [0, 0.1) is 11.8 Å². The number of nitrogens with zero attached hydrogens (tertiary/aromatic N) is 4. The molecule has 2 aliphatic rings. The second-order valence-corrected chi connectivity index (χ2v) is 7.08. The van der Waals surface area contributed by atoms with E-state index in [9.17, 15) is 9.90 Å². The fourth-order valence-electron chi connectivity index (χ4n) is 3.73. The molecule has 0 spiro atoms. The molecule has 7 nitrogen and oxygen atoms in total. The van der Waals surface area contributed by atoms with Crippen LogP contribution in [0.15, 0.2) is 40.1 Å². The summed E-state index contributed by atoms with van der Waals surface area (Å²) in [4.78, 5) is 21.4. The van der Waals surface area contributed by atoms with E-state index < -0.39 is 5.56 Å². The number of hydrogen-bond donors (Lipinski definition) is 1. The van der Waals surface area contributed by atoms with Crippen LogP contribution in [0.5, 0.6) is 11.8 Å². The summed E-state index contributed by atoms with van der Waals surface area (Å²) in [6.45, 7) is 2.88. The lowest BCUT2D eigenvalue weighted by molar-refractivity contribution is 0.228. The predicted molar refractivity (Wildman–Crippen MR) is 102 cm³/mol. The Morgan fingerprint density at radius 2 is 2.07 bits per heavy atom. The number of aliphatic hydroxyl groups is 1. The van der Waals surface area contributed by atoms with Crippen molar-refractivity contribution in [3.8, 4) is 11.8 Å². The molecule has 7 heteroatoms. The van der Waals surface area contributed by atoms with Crippen molar-refractivity contribution in [2.24, 2.45) is 16.8 Å². The van der Waals surface area contributed by atoms with Crippen molar-refractivity contribution in [1.29, 1.82) is 0 Å². The zero-order valence-electron chi connectivity index (χ0n) is 15.3. The maximum atomic E-state index is 12.5. The molecule has 2 atom stereocenters. The van der Waals surface area contributed by atoms with Gasteiger partial charge in [0.15, 0.2) is 11.5 Å². The van der Waals surface area contributed by atoms with Crippen molar-refractivity contribution in [2.45, 2.75) is 39.2 Å². The van der Waals surface area contributed by atoms with Crippen LogP contribution in [-0.2, 0) is 6.54 Å². The zero-order chi connectivity index (χ0) is 18.8. The van der Waals surface area contributed by atoms with Gasteiger partial charge >= 0.3 is 11.6 Å². The Balaban J connectivity index is 1.69. The van der Waals surface area contributed by atoms with Crippen LogP contribution in [0.3, 0.4) is 0 Å². The summed E-state index contributed by atoms with van der Waals surface area (Å²) in [7, 11) is 0. The molecule has 2 heterocycles. The van der Waals surface area contributed by atoms with Crippen LogP contribution in [-0.4, -0.2) is 27.1 Å². The molecule has 27 heavy (non-hydrogen) atoms. The highest BCUT2D eigenvalue weighted by Crippen LogP contribution is 2.38. The first-order valence-corrected chi connectivity index (χ1v) is 9.48. The third kappa shape index (κ3) is 3.47. The minimum absolute atomic E-state index is 0.183. The van der Waals surface area contributed by atoms with Gasteiger partial charge < -0.3 is 9.84 Å². The average Bonchev–Trinajstić information content (AvgIpc) is 3.33. The fourth-order valence-corrected chi connectivity index (χ4v) is 3.73. The van der Waals surface area contributed by atoms with Gasteiger partial charge in [-0.15, -0.1) is 0 Å². The molecule has 1 fully saturated rings. The Morgan fingerprint density at radius 1 is 1.26 bits per heavy atom. The van der Waals surface area contributed by atoms with Crippen LogP contribution in [0.2, 0.25) is 0 Å². The van der Waals surface area contributed by atoms with Crippen molar-refractivity contribution in [2.75, 3.05) is 6.61 Å². The summed E-state index contributed by atoms with van der Waals surface area (Å²) in [5.74, 6) is 2.31. The standard InChI is InChI=1S/C20H23N4O3/c1-2-10-24-18-16(21-17(22-18)14-9-8-13(11-14)12-25)19(26)23-20(24)27-15-6-4-3-5-7-15/h3-7,13-14,25H,2,8-12H2,1H3. The van der Waals surface area contributed by atoms with E-state index in [4.69, 9.17) is 9.73 Å². The largest absolute Gasteiger partial charge is 0.425 e. The molecule has 2 unspecified atom stereocenters. The van der Waals surface area contributed by atoms with Crippen LogP contribution in [0.4, 0.5) is 11.5 Å². The number of aliphatic imine (C=N–C) groups is 1. The van der Waals surface area contributed by atoms with Crippen LogP contribution < -0.4 is 15.6 Å². The molecule has 1 saturated carbocycles. The van der Waals surface area contributed by atoms with Gasteiger partial charge in [-0.05, 0) is 43.7 Å². The molecule has 141 valence electrons. The number of para-hydroxylation sites is 1. The smallest absolute Gasteiger partial charge is 0.307 e. The van der Waals surface area contributed by atoms with Gasteiger partial charge in [0.1, 0.15) is 11.6 Å². The second kappa shape index (κ2) is 7.52. The summed E-state index contributed by atoms with van der Waals surface area (Å²) in [5.41, 5.74) is -0.120. The van der Waals surface area contributed by atoms with Gasteiger partial charge in [0.25, 0.3) is 0 Å². The minimum atomic E-state index is -0.418. The predicted octanol–water partition coefficient (Wildman–Crippen LogP) is 3.13. The molecule has 1 radical (unpaired) electrons. The van der Waals surface area contributed by atoms with Gasteiger partial charge in [0.2, 0.25) is 0 Å². The maximum absolute atomic E-state index is 12.5. The molecule has 2 aromatic rings. The van der Waals surface area contributed by atoms with Gasteiger partial charge in [-0.2, -0.15) is 4.98 Å². The number of amidine groups is 1. The molecule has 1 aromatic heterocycles. The summed E-state index contributed by atoms with van der Waals surface area (Å²) >= 11 is 0. The Kier molecular flexibility index (Phi) is 4.94. The van der Waals surface area contributed by atoms with E-state index in [1.165, 1.54) is 0 Å². The van der Waals surface area contributed by atoms with Gasteiger partial charge in [-0.3, -0.25) is 9.36 Å². The van der Waals surface area contributed by atoms with E-state index in [0.29, 0.717) is 35.6 Å². The first-order chi connectivity index (χ1) is 13.2. The lowest BCUT2D eigenvalue weighted by atomic mass is 10.0. The number of ether oxygens (including phenoxy) is 1. The van der Waals surface area contributed by atoms with Crippen molar-refractivity contribution < 1.29 is 9.84 Å². The average molecular weight is 367 g/mol. The van der Waals surface area contributed by atoms with E-state index in [-0.39, 0.29) is 18.5 Å². The molecule has 0 saturated heterocycles. The molecule has 4 rings (SSSR count). The lowest BCUT2D eigenvalue weighted by Gasteiger charge is -2.14. The van der Waals surface area contributed by atoms with Gasteiger partial charge in [-0.25, -0.2) is 10.3 Å². The molecular weight excluding hydrogens is 344 g/mol. The summed E-state index contributed by atoms with van der Waals surface area (Å²) < 4.78 is 7.70. The van der Waals surface area contributed by atoms with Crippen molar-refractivity contribution >= 4 is 17.3 Å². The quantitative estimate of drug-likeness (QED) is 0.849. The Hall–Kier alpha value is -2.67. The number of aliphatic hydroxyl groups excluding tert-OH is 1. The first-order valence-electron chi connectivity index (χ1n) is 9.48. The zero-order valence-corrected chi connectivity index (χ0v) is 15.3. The van der Waals surface area contributed by atoms with Crippen molar-refractivity contribution in [3.63, 3.8) is 0 Å². The van der Waals surface area contributed by atoms with Crippen LogP contribution in [0.1, 0.15) is 32.6 Å². The van der Waals surface area contributed by atoms with E-state index >= 15 is 0 Å². The SMILES string of the molecule is CCCn1c(Oc2ccccc2)nc(=O)c2c1N=C(C1CCC(CO)C1)[N]2. The highest BCUT2D eigenvalue weighted by molar-refractivity contribution is 5.96. The number of benzene rings is 1. The highest BCUT2D eigenvalue weighted by Gasteiger charge is 2.34. The van der Waals surface area contributed by atoms with Crippen LogP contribution >= 0.6 is 0 Å². The third-order valence-corrected chi connectivity index (χ3v) is 5.11. The molecule has 1 aliphatic carbocycles. The van der Waals surface area contributed by atoms with Gasteiger partial charge in [-0.1, -0.05) is 25.1 Å². The number of aromatic nitrogens is 2. The van der Waals surface area contributed by atoms with Gasteiger partial charge in [0.05, 0.1) is 0 Å². The highest BCUT2D eigenvalue weighted by atomic mass is 16.5. The number of fused-ring (bicyclic) bond motifs is 1. The molecule has 1 aliphatic heterocycles. The molecule has 1 N–H and O–H groups in total. The Morgan fingerprint density at radius 3 is 2.78 bits per heavy atom. The monoisotopic (exact) mass is 367 g/mol.